The Hall–Kier alpha value is -3.70. The van der Waals surface area contributed by atoms with Crippen LogP contribution in [-0.2, 0) is 18.6 Å². The molecule has 0 unspecified atom stereocenters. The topological polar surface area (TPSA) is 124 Å². The Morgan fingerprint density at radius 1 is 1.14 bits per heavy atom. The smallest absolute Gasteiger partial charge is 0.256 e. The summed E-state index contributed by atoms with van der Waals surface area (Å²) >= 11 is 0. The van der Waals surface area contributed by atoms with Crippen LogP contribution in [0, 0.1) is 0 Å². The molecule has 0 radical (unpaired) electrons. The van der Waals surface area contributed by atoms with Gasteiger partial charge in [-0.05, 0) is 55.3 Å². The summed E-state index contributed by atoms with van der Waals surface area (Å²) in [7, 11) is 0. The fourth-order valence-electron chi connectivity index (χ4n) is 4.51. The van der Waals surface area contributed by atoms with Crippen LogP contribution in [0.5, 0.6) is 0 Å². The highest BCUT2D eigenvalue weighted by atomic mass is 19.3. The summed E-state index contributed by atoms with van der Waals surface area (Å²) in [5.41, 5.74) is 1.95. The highest BCUT2D eigenvalue weighted by molar-refractivity contribution is 5.99. The molecule has 0 spiro atoms. The number of alkyl halides is 2. The first-order chi connectivity index (χ1) is 17.2. The maximum Gasteiger partial charge on any atom is 0.256 e. The number of hydrogen-bond acceptors (Lipinski definition) is 8. The van der Waals surface area contributed by atoms with E-state index in [0.717, 1.165) is 25.2 Å². The van der Waals surface area contributed by atoms with Gasteiger partial charge in [-0.25, -0.2) is 18.7 Å². The van der Waals surface area contributed by atoms with E-state index in [9.17, 15) is 18.7 Å². The van der Waals surface area contributed by atoms with E-state index < -0.39 is 24.4 Å². The average Bonchev–Trinajstić information content (AvgIpc) is 2.83. The van der Waals surface area contributed by atoms with Crippen LogP contribution in [0.3, 0.4) is 0 Å². The molecule has 188 valence electrons. The number of rotatable bonds is 7. The van der Waals surface area contributed by atoms with Gasteiger partial charge in [-0.3, -0.25) is 4.79 Å². The summed E-state index contributed by atoms with van der Waals surface area (Å²) in [6.07, 6.45) is 0.974. The molecule has 11 heteroatoms. The summed E-state index contributed by atoms with van der Waals surface area (Å²) in [6, 6.07) is 10.8. The van der Waals surface area contributed by atoms with Gasteiger partial charge in [0.15, 0.2) is 0 Å². The van der Waals surface area contributed by atoms with Crippen LogP contribution in [0.15, 0.2) is 42.6 Å². The van der Waals surface area contributed by atoms with Gasteiger partial charge in [0, 0.05) is 37.8 Å². The number of halogens is 2. The predicted molar refractivity (Wildman–Crippen MR) is 131 cm³/mol. The van der Waals surface area contributed by atoms with Crippen molar-refractivity contribution in [2.75, 3.05) is 23.7 Å². The maximum absolute atomic E-state index is 13.4. The van der Waals surface area contributed by atoms with Crippen molar-refractivity contribution in [2.45, 2.75) is 44.3 Å². The van der Waals surface area contributed by atoms with Gasteiger partial charge in [0.05, 0.1) is 5.69 Å². The molecule has 1 fully saturated rings. The molecule has 5 N–H and O–H groups in total. The van der Waals surface area contributed by atoms with Crippen molar-refractivity contribution >= 4 is 29.2 Å². The molecular formula is C25H27F2N7O2. The lowest BCUT2D eigenvalue weighted by atomic mass is 9.74. The SMILES string of the molecule is CCNC(=O)c1cnc(Nc2ccc3c(c2)CCNC3)nc1Nc1cccc(C2(O)CC(F)(F)C2)n1. The van der Waals surface area contributed by atoms with Gasteiger partial charge >= 0.3 is 0 Å². The van der Waals surface area contributed by atoms with E-state index in [1.54, 1.807) is 19.1 Å². The molecule has 1 aromatic carbocycles. The Kier molecular flexibility index (Phi) is 6.27. The fourth-order valence-corrected chi connectivity index (χ4v) is 4.51. The van der Waals surface area contributed by atoms with Gasteiger partial charge in [-0.2, -0.15) is 4.98 Å². The minimum Gasteiger partial charge on any atom is -0.383 e. The zero-order valence-electron chi connectivity index (χ0n) is 19.7. The second-order valence-electron chi connectivity index (χ2n) is 9.12. The van der Waals surface area contributed by atoms with E-state index in [4.69, 9.17) is 0 Å². The first-order valence-corrected chi connectivity index (χ1v) is 11.8. The van der Waals surface area contributed by atoms with Crippen molar-refractivity contribution in [1.29, 1.82) is 0 Å². The van der Waals surface area contributed by atoms with Crippen LogP contribution in [0.1, 0.15) is 46.9 Å². The van der Waals surface area contributed by atoms with Crippen molar-refractivity contribution in [1.82, 2.24) is 25.6 Å². The monoisotopic (exact) mass is 495 g/mol. The zero-order valence-corrected chi connectivity index (χ0v) is 19.7. The molecule has 9 nitrogen and oxygen atoms in total. The van der Waals surface area contributed by atoms with E-state index in [-0.39, 0.29) is 34.7 Å². The largest absolute Gasteiger partial charge is 0.383 e. The molecule has 1 aliphatic carbocycles. The predicted octanol–water partition coefficient (Wildman–Crippen LogP) is 3.37. The van der Waals surface area contributed by atoms with Crippen molar-refractivity contribution < 1.29 is 18.7 Å². The van der Waals surface area contributed by atoms with Crippen LogP contribution in [0.4, 0.5) is 32.1 Å². The van der Waals surface area contributed by atoms with Crippen LogP contribution >= 0.6 is 0 Å². The van der Waals surface area contributed by atoms with Crippen LogP contribution in [0.2, 0.25) is 0 Å². The molecule has 3 aromatic rings. The van der Waals surface area contributed by atoms with Gasteiger partial charge in [-0.1, -0.05) is 12.1 Å². The zero-order chi connectivity index (χ0) is 25.3. The summed E-state index contributed by atoms with van der Waals surface area (Å²) < 4.78 is 26.8. The highest BCUT2D eigenvalue weighted by Crippen LogP contribution is 2.51. The molecule has 0 saturated heterocycles. The normalized spacial score (nSPS) is 17.4. The van der Waals surface area contributed by atoms with Gasteiger partial charge < -0.3 is 26.4 Å². The van der Waals surface area contributed by atoms with E-state index >= 15 is 0 Å². The van der Waals surface area contributed by atoms with Crippen molar-refractivity contribution in [3.8, 4) is 0 Å². The van der Waals surface area contributed by atoms with E-state index in [0.29, 0.717) is 6.54 Å². The molecule has 36 heavy (non-hydrogen) atoms. The number of carbonyl (C=O) groups is 1. The number of amides is 1. The molecule has 1 aliphatic heterocycles. The number of carbonyl (C=O) groups excluding carboxylic acids is 1. The van der Waals surface area contributed by atoms with Gasteiger partial charge in [0.25, 0.3) is 11.8 Å². The van der Waals surface area contributed by atoms with E-state index in [2.05, 4.69) is 48.4 Å². The van der Waals surface area contributed by atoms with Crippen molar-refractivity contribution in [3.05, 3.63) is 65.0 Å². The number of nitrogens with zero attached hydrogens (tertiary/aromatic N) is 3. The highest BCUT2D eigenvalue weighted by Gasteiger charge is 2.57. The molecule has 5 rings (SSSR count). The summed E-state index contributed by atoms with van der Waals surface area (Å²) in [4.78, 5) is 25.8. The minimum absolute atomic E-state index is 0.133. The number of benzene rings is 1. The van der Waals surface area contributed by atoms with E-state index in [1.165, 1.54) is 23.4 Å². The molecule has 2 aliphatic rings. The Bertz CT molecular complexity index is 1290. The molecular weight excluding hydrogens is 468 g/mol. The Labute approximate surface area is 206 Å². The second kappa shape index (κ2) is 9.40. The standard InChI is InChI=1S/C25H27F2N7O2/c1-2-29-22(35)18-12-30-23(31-17-7-6-16-11-28-9-8-15(16)10-17)34-21(18)33-20-5-3-4-19(32-20)24(36)13-25(26,27)14-24/h3-7,10,12,28,36H,2,8-9,11,13-14H2,1H3,(H,29,35)(H2,30,31,32,33,34). The first kappa shape index (κ1) is 24.0. The number of nitrogens with one attached hydrogen (secondary N) is 4. The summed E-state index contributed by atoms with van der Waals surface area (Å²) in [5, 5.41) is 22.8. The average molecular weight is 496 g/mol. The number of hydrogen-bond donors (Lipinski definition) is 5. The molecule has 0 bridgehead atoms. The lowest BCUT2D eigenvalue weighted by Crippen LogP contribution is -2.49. The number of pyridine rings is 1. The molecule has 0 atom stereocenters. The Morgan fingerprint density at radius 2 is 1.97 bits per heavy atom. The maximum atomic E-state index is 13.4. The second-order valence-corrected chi connectivity index (χ2v) is 9.12. The molecule has 1 saturated carbocycles. The van der Waals surface area contributed by atoms with Crippen LogP contribution < -0.4 is 21.3 Å². The molecule has 2 aromatic heterocycles. The third kappa shape index (κ3) is 4.98. The number of aromatic nitrogens is 3. The van der Waals surface area contributed by atoms with Crippen molar-refractivity contribution in [3.63, 3.8) is 0 Å². The van der Waals surface area contributed by atoms with Crippen LogP contribution in [0.25, 0.3) is 0 Å². The van der Waals surface area contributed by atoms with E-state index in [1.807, 2.05) is 6.07 Å². The lowest BCUT2D eigenvalue weighted by molar-refractivity contribution is -0.212. The number of aliphatic hydroxyl groups is 1. The fraction of sp³-hybridized carbons (Fsp3) is 0.360. The lowest BCUT2D eigenvalue weighted by Gasteiger charge is -2.42. The summed E-state index contributed by atoms with van der Waals surface area (Å²) in [5.74, 6) is -2.57. The Balaban J connectivity index is 1.42. The Morgan fingerprint density at radius 3 is 2.75 bits per heavy atom. The summed E-state index contributed by atoms with van der Waals surface area (Å²) in [6.45, 7) is 3.96. The van der Waals surface area contributed by atoms with Gasteiger partial charge in [0.1, 0.15) is 22.8 Å². The number of anilines is 4. The quantitative estimate of drug-likeness (QED) is 0.338. The van der Waals surface area contributed by atoms with Gasteiger partial charge in [-0.15, -0.1) is 0 Å². The minimum atomic E-state index is -2.91. The van der Waals surface area contributed by atoms with Gasteiger partial charge in [0.2, 0.25) is 5.95 Å². The van der Waals surface area contributed by atoms with Crippen LogP contribution in [-0.4, -0.2) is 45.0 Å². The number of fused-ring (bicyclic) bond motifs is 1. The first-order valence-electron chi connectivity index (χ1n) is 11.8. The third-order valence-electron chi connectivity index (χ3n) is 6.29. The van der Waals surface area contributed by atoms with Crippen molar-refractivity contribution in [2.24, 2.45) is 0 Å². The molecule has 1 amide bonds. The third-order valence-corrected chi connectivity index (χ3v) is 6.29. The molecule has 3 heterocycles.